The van der Waals surface area contributed by atoms with Crippen LogP contribution in [0, 0.1) is 23.1 Å². The monoisotopic (exact) mass is 310 g/mol. The lowest BCUT2D eigenvalue weighted by Crippen LogP contribution is -2.38. The zero-order valence-electron chi connectivity index (χ0n) is 9.70. The molecule has 0 N–H and O–H groups in total. The molecule has 1 amide bonds. The zero-order valence-corrected chi connectivity index (χ0v) is 11.3. The van der Waals surface area contributed by atoms with Crippen molar-refractivity contribution in [3.8, 4) is 6.07 Å². The Morgan fingerprint density at radius 2 is 2.11 bits per heavy atom. The molecule has 1 aromatic carbocycles. The van der Waals surface area contributed by atoms with Gasteiger partial charge in [0.1, 0.15) is 5.82 Å². The van der Waals surface area contributed by atoms with Gasteiger partial charge in [0.2, 0.25) is 0 Å². The third-order valence-electron chi connectivity index (χ3n) is 3.13. The SMILES string of the molecule is N#CC1CCN(C(=O)c2ccc(F)c(Br)c2)CC1. The van der Waals surface area contributed by atoms with Gasteiger partial charge in [-0.2, -0.15) is 5.26 Å². The number of carbonyl (C=O) groups is 1. The summed E-state index contributed by atoms with van der Waals surface area (Å²) in [6.07, 6.45) is 1.43. The Labute approximate surface area is 113 Å². The van der Waals surface area contributed by atoms with Crippen LogP contribution in [-0.4, -0.2) is 23.9 Å². The summed E-state index contributed by atoms with van der Waals surface area (Å²) in [5.74, 6) is -0.434. The van der Waals surface area contributed by atoms with Gasteiger partial charge in [-0.1, -0.05) is 0 Å². The molecule has 5 heteroatoms. The van der Waals surface area contributed by atoms with Gasteiger partial charge >= 0.3 is 0 Å². The van der Waals surface area contributed by atoms with Crippen LogP contribution in [0.3, 0.4) is 0 Å². The van der Waals surface area contributed by atoms with Gasteiger partial charge in [0.15, 0.2) is 0 Å². The van der Waals surface area contributed by atoms with E-state index >= 15 is 0 Å². The lowest BCUT2D eigenvalue weighted by molar-refractivity contribution is 0.0707. The van der Waals surface area contributed by atoms with Gasteiger partial charge in [0.05, 0.1) is 10.5 Å². The number of rotatable bonds is 1. The average molecular weight is 311 g/mol. The molecule has 94 valence electrons. The first-order chi connectivity index (χ1) is 8.61. The molecule has 0 spiro atoms. The molecule has 18 heavy (non-hydrogen) atoms. The summed E-state index contributed by atoms with van der Waals surface area (Å²) in [6, 6.07) is 6.48. The molecular formula is C13H12BrFN2O. The van der Waals surface area contributed by atoms with E-state index in [2.05, 4.69) is 22.0 Å². The Balaban J connectivity index is 2.08. The summed E-state index contributed by atoms with van der Waals surface area (Å²) in [7, 11) is 0. The third-order valence-corrected chi connectivity index (χ3v) is 3.74. The topological polar surface area (TPSA) is 44.1 Å². The molecule has 1 aromatic rings. The Morgan fingerprint density at radius 1 is 1.44 bits per heavy atom. The molecule has 0 saturated carbocycles. The van der Waals surface area contributed by atoms with Crippen LogP contribution in [-0.2, 0) is 0 Å². The van der Waals surface area contributed by atoms with Gasteiger partial charge in [-0.15, -0.1) is 0 Å². The summed E-state index contributed by atoms with van der Waals surface area (Å²) in [4.78, 5) is 13.9. The van der Waals surface area contributed by atoms with Gasteiger partial charge in [-0.3, -0.25) is 4.79 Å². The van der Waals surface area contributed by atoms with Gasteiger partial charge < -0.3 is 4.90 Å². The molecule has 2 rings (SSSR count). The number of nitriles is 1. The quantitative estimate of drug-likeness (QED) is 0.800. The fourth-order valence-electron chi connectivity index (χ4n) is 2.02. The molecule has 0 radical (unpaired) electrons. The number of carbonyl (C=O) groups excluding carboxylic acids is 1. The zero-order chi connectivity index (χ0) is 13.1. The van der Waals surface area contributed by atoms with E-state index < -0.39 is 0 Å². The van der Waals surface area contributed by atoms with E-state index in [9.17, 15) is 9.18 Å². The summed E-state index contributed by atoms with van der Waals surface area (Å²) in [5.41, 5.74) is 0.471. The van der Waals surface area contributed by atoms with Crippen molar-refractivity contribution < 1.29 is 9.18 Å². The predicted molar refractivity (Wildman–Crippen MR) is 68.3 cm³/mol. The van der Waals surface area contributed by atoms with Crippen LogP contribution in [0.15, 0.2) is 22.7 Å². The Morgan fingerprint density at radius 3 is 2.67 bits per heavy atom. The number of piperidine rings is 1. The van der Waals surface area contributed by atoms with Gasteiger partial charge in [0.25, 0.3) is 5.91 Å². The molecule has 1 aliphatic heterocycles. The minimum Gasteiger partial charge on any atom is -0.339 e. The predicted octanol–water partition coefficient (Wildman–Crippen LogP) is 2.96. The van der Waals surface area contributed by atoms with Crippen molar-refractivity contribution in [2.75, 3.05) is 13.1 Å². The Kier molecular flexibility index (Phi) is 3.97. The lowest BCUT2D eigenvalue weighted by atomic mass is 9.98. The van der Waals surface area contributed by atoms with E-state index in [1.165, 1.54) is 18.2 Å². The Bertz CT molecular complexity index is 504. The number of likely N-dealkylation sites (tertiary alicyclic amines) is 1. The highest BCUT2D eigenvalue weighted by Gasteiger charge is 2.23. The first-order valence-electron chi connectivity index (χ1n) is 5.75. The van der Waals surface area contributed by atoms with E-state index in [4.69, 9.17) is 5.26 Å². The lowest BCUT2D eigenvalue weighted by Gasteiger charge is -2.29. The first kappa shape index (κ1) is 13.0. The normalized spacial score (nSPS) is 16.4. The molecule has 0 aromatic heterocycles. The standard InChI is InChI=1S/C13H12BrFN2O/c14-11-7-10(1-2-12(11)15)13(18)17-5-3-9(8-16)4-6-17/h1-2,7,9H,3-6H2. The molecular weight excluding hydrogens is 299 g/mol. The van der Waals surface area contributed by atoms with E-state index in [-0.39, 0.29) is 17.6 Å². The van der Waals surface area contributed by atoms with Gasteiger partial charge in [0, 0.05) is 24.6 Å². The van der Waals surface area contributed by atoms with Crippen molar-refractivity contribution in [1.82, 2.24) is 4.90 Å². The van der Waals surface area contributed by atoms with Crippen molar-refractivity contribution in [1.29, 1.82) is 5.26 Å². The van der Waals surface area contributed by atoms with Crippen molar-refractivity contribution in [2.24, 2.45) is 5.92 Å². The minimum atomic E-state index is -0.380. The molecule has 3 nitrogen and oxygen atoms in total. The van der Waals surface area contributed by atoms with Crippen LogP contribution in [0.2, 0.25) is 0 Å². The number of hydrogen-bond donors (Lipinski definition) is 0. The molecule has 1 saturated heterocycles. The van der Waals surface area contributed by atoms with Crippen LogP contribution in [0.5, 0.6) is 0 Å². The van der Waals surface area contributed by atoms with E-state index in [1.54, 1.807) is 4.90 Å². The molecule has 0 atom stereocenters. The highest BCUT2D eigenvalue weighted by Crippen LogP contribution is 2.21. The minimum absolute atomic E-state index is 0.0500. The highest BCUT2D eigenvalue weighted by atomic mass is 79.9. The molecule has 0 bridgehead atoms. The number of nitrogens with zero attached hydrogens (tertiary/aromatic N) is 2. The van der Waals surface area contributed by atoms with Crippen molar-refractivity contribution in [3.63, 3.8) is 0 Å². The first-order valence-corrected chi connectivity index (χ1v) is 6.55. The second-order valence-electron chi connectivity index (χ2n) is 4.32. The molecule has 1 fully saturated rings. The van der Waals surface area contributed by atoms with Crippen LogP contribution >= 0.6 is 15.9 Å². The van der Waals surface area contributed by atoms with Crippen molar-refractivity contribution in [3.05, 3.63) is 34.1 Å². The summed E-state index contributed by atoms with van der Waals surface area (Å²) >= 11 is 3.07. The van der Waals surface area contributed by atoms with Crippen molar-refractivity contribution in [2.45, 2.75) is 12.8 Å². The summed E-state index contributed by atoms with van der Waals surface area (Å²) in [6.45, 7) is 1.18. The number of benzene rings is 1. The largest absolute Gasteiger partial charge is 0.339 e. The molecule has 1 aliphatic rings. The van der Waals surface area contributed by atoms with Crippen LogP contribution in [0.4, 0.5) is 4.39 Å². The van der Waals surface area contributed by atoms with Gasteiger partial charge in [-0.05, 0) is 47.0 Å². The average Bonchev–Trinajstić information content (AvgIpc) is 2.41. The fourth-order valence-corrected chi connectivity index (χ4v) is 2.40. The maximum atomic E-state index is 13.1. The number of hydrogen-bond acceptors (Lipinski definition) is 2. The second kappa shape index (κ2) is 5.49. The van der Waals surface area contributed by atoms with Crippen LogP contribution in [0.1, 0.15) is 23.2 Å². The molecule has 0 aliphatic carbocycles. The number of halogens is 2. The maximum Gasteiger partial charge on any atom is 0.253 e. The highest BCUT2D eigenvalue weighted by molar-refractivity contribution is 9.10. The summed E-state index contributed by atoms with van der Waals surface area (Å²) < 4.78 is 13.4. The Hall–Kier alpha value is -1.41. The van der Waals surface area contributed by atoms with Crippen LogP contribution in [0.25, 0.3) is 0 Å². The molecule has 1 heterocycles. The number of amides is 1. The van der Waals surface area contributed by atoms with E-state index in [1.807, 2.05) is 0 Å². The maximum absolute atomic E-state index is 13.1. The fraction of sp³-hybridized carbons (Fsp3) is 0.385. The second-order valence-corrected chi connectivity index (χ2v) is 5.18. The smallest absolute Gasteiger partial charge is 0.253 e. The van der Waals surface area contributed by atoms with Crippen molar-refractivity contribution >= 4 is 21.8 Å². The van der Waals surface area contributed by atoms with Crippen LogP contribution < -0.4 is 0 Å². The molecule has 0 unspecified atom stereocenters. The summed E-state index contributed by atoms with van der Waals surface area (Å²) in [5, 5.41) is 8.80. The van der Waals surface area contributed by atoms with Gasteiger partial charge in [-0.25, -0.2) is 4.39 Å². The third kappa shape index (κ3) is 2.70. The van der Waals surface area contributed by atoms with E-state index in [0.717, 1.165) is 0 Å². The van der Waals surface area contributed by atoms with E-state index in [0.29, 0.717) is 36.0 Å².